The molecule has 1 aliphatic rings. The highest BCUT2D eigenvalue weighted by atomic mass is 79.9. The van der Waals surface area contributed by atoms with Gasteiger partial charge in [0.2, 0.25) is 0 Å². The van der Waals surface area contributed by atoms with Crippen LogP contribution >= 0.6 is 15.9 Å². The van der Waals surface area contributed by atoms with Crippen molar-refractivity contribution in [2.75, 3.05) is 0 Å². The highest BCUT2D eigenvalue weighted by Gasteiger charge is 2.32. The van der Waals surface area contributed by atoms with E-state index in [9.17, 15) is 0 Å². The molecular formula is C19H29Br. The summed E-state index contributed by atoms with van der Waals surface area (Å²) in [6, 6.07) is 9.19. The van der Waals surface area contributed by atoms with Crippen LogP contribution in [0.5, 0.6) is 0 Å². The number of hydrogen-bond donors (Lipinski definition) is 0. The van der Waals surface area contributed by atoms with Gasteiger partial charge in [-0.25, -0.2) is 0 Å². The molecule has 112 valence electrons. The van der Waals surface area contributed by atoms with Gasteiger partial charge >= 0.3 is 0 Å². The fraction of sp³-hybridized carbons (Fsp3) is 0.684. The molecule has 0 bridgehead atoms. The molecule has 1 heteroatoms. The van der Waals surface area contributed by atoms with Gasteiger partial charge in [-0.2, -0.15) is 0 Å². The second-order valence-electron chi connectivity index (χ2n) is 7.47. The molecule has 0 aliphatic heterocycles. The Kier molecular flexibility index (Phi) is 5.34. The van der Waals surface area contributed by atoms with Crippen LogP contribution in [0.3, 0.4) is 0 Å². The first-order valence-electron chi connectivity index (χ1n) is 8.14. The Bertz CT molecular complexity index is 404. The molecule has 1 atom stereocenters. The van der Waals surface area contributed by atoms with Crippen molar-refractivity contribution >= 4 is 15.9 Å². The lowest BCUT2D eigenvalue weighted by Gasteiger charge is -2.38. The van der Waals surface area contributed by atoms with Crippen molar-refractivity contribution in [3.8, 4) is 0 Å². The van der Waals surface area contributed by atoms with Crippen molar-refractivity contribution < 1.29 is 0 Å². The smallest absolute Gasteiger partial charge is 0.0423 e. The van der Waals surface area contributed by atoms with Crippen LogP contribution in [0.2, 0.25) is 0 Å². The van der Waals surface area contributed by atoms with E-state index in [1.807, 2.05) is 0 Å². The molecule has 1 aliphatic carbocycles. The van der Waals surface area contributed by atoms with Crippen molar-refractivity contribution in [2.24, 2.45) is 17.3 Å². The van der Waals surface area contributed by atoms with Crippen LogP contribution in [0.25, 0.3) is 0 Å². The minimum absolute atomic E-state index is 0.482. The zero-order valence-corrected chi connectivity index (χ0v) is 15.0. The standard InChI is InChI=1S/C19H29Br/c1-5-14-6-8-15(9-7-14)18(20)16-10-12-17(13-11-16)19(2,3)4/h6-9,16-18H,5,10-13H2,1-4H3. The summed E-state index contributed by atoms with van der Waals surface area (Å²) in [7, 11) is 0. The lowest BCUT2D eigenvalue weighted by molar-refractivity contribution is 0.149. The summed E-state index contributed by atoms with van der Waals surface area (Å²) >= 11 is 3.96. The van der Waals surface area contributed by atoms with Gasteiger partial charge in [0.1, 0.15) is 0 Å². The maximum absolute atomic E-state index is 3.96. The SMILES string of the molecule is CCc1ccc(C(Br)C2CCC(C(C)(C)C)CC2)cc1. The molecular weight excluding hydrogens is 308 g/mol. The van der Waals surface area contributed by atoms with Gasteiger partial charge in [0, 0.05) is 4.83 Å². The van der Waals surface area contributed by atoms with E-state index in [4.69, 9.17) is 0 Å². The van der Waals surface area contributed by atoms with Gasteiger partial charge in [-0.1, -0.05) is 67.9 Å². The van der Waals surface area contributed by atoms with Crippen molar-refractivity contribution in [1.82, 2.24) is 0 Å². The Morgan fingerprint density at radius 1 is 1.05 bits per heavy atom. The van der Waals surface area contributed by atoms with E-state index in [0.29, 0.717) is 10.2 Å². The normalized spacial score (nSPS) is 25.4. The summed E-state index contributed by atoms with van der Waals surface area (Å²) in [5.74, 6) is 1.71. The molecule has 0 heterocycles. The Labute approximate surface area is 133 Å². The molecule has 0 spiro atoms. The first-order valence-corrected chi connectivity index (χ1v) is 9.06. The zero-order valence-electron chi connectivity index (χ0n) is 13.5. The van der Waals surface area contributed by atoms with Crippen LogP contribution in [0.4, 0.5) is 0 Å². The minimum atomic E-state index is 0.482. The van der Waals surface area contributed by atoms with Crippen molar-refractivity contribution in [3.05, 3.63) is 35.4 Å². The van der Waals surface area contributed by atoms with Gasteiger partial charge in [0.15, 0.2) is 0 Å². The largest absolute Gasteiger partial charge is 0.0836 e. The summed E-state index contributed by atoms with van der Waals surface area (Å²) < 4.78 is 0. The van der Waals surface area contributed by atoms with Gasteiger partial charge in [-0.15, -0.1) is 0 Å². The maximum atomic E-state index is 3.96. The number of hydrogen-bond acceptors (Lipinski definition) is 0. The predicted molar refractivity (Wildman–Crippen MR) is 92.4 cm³/mol. The minimum Gasteiger partial charge on any atom is -0.0836 e. The van der Waals surface area contributed by atoms with Gasteiger partial charge in [-0.05, 0) is 60.5 Å². The Hall–Kier alpha value is -0.300. The molecule has 2 rings (SSSR count). The Balaban J connectivity index is 1.95. The molecule has 1 saturated carbocycles. The summed E-state index contributed by atoms with van der Waals surface area (Å²) in [5, 5.41) is 0. The summed E-state index contributed by atoms with van der Waals surface area (Å²) in [6.07, 6.45) is 6.65. The molecule has 0 amide bonds. The fourth-order valence-corrected chi connectivity index (χ4v) is 4.32. The van der Waals surface area contributed by atoms with Crippen LogP contribution in [0, 0.1) is 17.3 Å². The van der Waals surface area contributed by atoms with E-state index >= 15 is 0 Å². The quantitative estimate of drug-likeness (QED) is 0.550. The molecule has 20 heavy (non-hydrogen) atoms. The third-order valence-corrected chi connectivity index (χ3v) is 6.39. The zero-order chi connectivity index (χ0) is 14.8. The second-order valence-corrected chi connectivity index (χ2v) is 8.46. The molecule has 0 nitrogen and oxygen atoms in total. The second kappa shape index (κ2) is 6.64. The average Bonchev–Trinajstić information content (AvgIpc) is 2.46. The number of aryl methyl sites for hydroxylation is 1. The molecule has 1 fully saturated rings. The highest BCUT2D eigenvalue weighted by Crippen LogP contribution is 2.46. The van der Waals surface area contributed by atoms with E-state index in [0.717, 1.165) is 18.3 Å². The van der Waals surface area contributed by atoms with Crippen LogP contribution in [-0.4, -0.2) is 0 Å². The maximum Gasteiger partial charge on any atom is 0.0423 e. The first kappa shape index (κ1) is 16.1. The van der Waals surface area contributed by atoms with Crippen LogP contribution in [-0.2, 0) is 6.42 Å². The van der Waals surface area contributed by atoms with E-state index in [-0.39, 0.29) is 0 Å². The Morgan fingerprint density at radius 2 is 1.60 bits per heavy atom. The third-order valence-electron chi connectivity index (χ3n) is 5.12. The van der Waals surface area contributed by atoms with E-state index in [2.05, 4.69) is 67.9 Å². The molecule has 0 aromatic heterocycles. The van der Waals surface area contributed by atoms with Crippen LogP contribution in [0.15, 0.2) is 24.3 Å². The number of alkyl halides is 1. The summed E-state index contributed by atoms with van der Waals surface area (Å²) in [6.45, 7) is 9.40. The van der Waals surface area contributed by atoms with Crippen LogP contribution < -0.4 is 0 Å². The third kappa shape index (κ3) is 3.87. The molecule has 0 N–H and O–H groups in total. The highest BCUT2D eigenvalue weighted by molar-refractivity contribution is 9.09. The monoisotopic (exact) mass is 336 g/mol. The molecule has 1 aromatic rings. The number of benzene rings is 1. The Morgan fingerprint density at radius 3 is 2.05 bits per heavy atom. The first-order chi connectivity index (χ1) is 9.41. The lowest BCUT2D eigenvalue weighted by Crippen LogP contribution is -2.27. The lowest BCUT2D eigenvalue weighted by atomic mass is 9.69. The van der Waals surface area contributed by atoms with Gasteiger partial charge < -0.3 is 0 Å². The van der Waals surface area contributed by atoms with Crippen LogP contribution in [0.1, 0.15) is 69.3 Å². The van der Waals surface area contributed by atoms with Crippen molar-refractivity contribution in [3.63, 3.8) is 0 Å². The van der Waals surface area contributed by atoms with Crippen molar-refractivity contribution in [2.45, 2.75) is 64.6 Å². The summed E-state index contributed by atoms with van der Waals surface area (Å²) in [5.41, 5.74) is 3.38. The van der Waals surface area contributed by atoms with Gasteiger partial charge in [0.05, 0.1) is 0 Å². The molecule has 1 aromatic carbocycles. The van der Waals surface area contributed by atoms with Crippen molar-refractivity contribution in [1.29, 1.82) is 0 Å². The van der Waals surface area contributed by atoms with Gasteiger partial charge in [0.25, 0.3) is 0 Å². The topological polar surface area (TPSA) is 0 Å². The van der Waals surface area contributed by atoms with E-state index in [1.54, 1.807) is 0 Å². The van der Waals surface area contributed by atoms with E-state index < -0.39 is 0 Å². The number of halogens is 1. The molecule has 0 saturated heterocycles. The predicted octanol–water partition coefficient (Wildman–Crippen LogP) is 6.54. The molecule has 1 unspecified atom stereocenters. The molecule has 0 radical (unpaired) electrons. The fourth-order valence-electron chi connectivity index (χ4n) is 3.49. The number of rotatable bonds is 3. The average molecular weight is 337 g/mol. The van der Waals surface area contributed by atoms with E-state index in [1.165, 1.54) is 36.8 Å². The summed E-state index contributed by atoms with van der Waals surface area (Å²) in [4.78, 5) is 0.536. The van der Waals surface area contributed by atoms with Gasteiger partial charge in [-0.3, -0.25) is 0 Å².